The second kappa shape index (κ2) is 7.67. The SMILES string of the molecule is Cl.Cl.O=C(CN1C[C@@H]2CC[C@H]1CNC2)N1CCCC1. The fraction of sp³-hybridized carbons (Fsp3) is 0.923. The van der Waals surface area contributed by atoms with Gasteiger partial charge in [0.2, 0.25) is 5.91 Å². The molecule has 0 unspecified atom stereocenters. The molecule has 2 atom stereocenters. The molecule has 4 nitrogen and oxygen atoms in total. The summed E-state index contributed by atoms with van der Waals surface area (Å²) in [7, 11) is 0. The highest BCUT2D eigenvalue weighted by atomic mass is 35.5. The number of hydrogen-bond donors (Lipinski definition) is 1. The smallest absolute Gasteiger partial charge is 0.236 e. The van der Waals surface area contributed by atoms with Gasteiger partial charge in [0.25, 0.3) is 0 Å². The fourth-order valence-electron chi connectivity index (χ4n) is 3.47. The first-order valence-corrected chi connectivity index (χ1v) is 7.05. The zero-order valence-electron chi connectivity index (χ0n) is 11.3. The number of likely N-dealkylation sites (tertiary alicyclic amines) is 1. The minimum absolute atomic E-state index is 0. The molecule has 4 aliphatic rings. The molecular formula is C13H25Cl2N3O. The second-order valence-electron chi connectivity index (χ2n) is 5.77. The Balaban J connectivity index is 0.000000902. The maximum atomic E-state index is 12.2. The van der Waals surface area contributed by atoms with Gasteiger partial charge in [0.1, 0.15) is 0 Å². The van der Waals surface area contributed by atoms with Gasteiger partial charge in [0.05, 0.1) is 6.54 Å². The summed E-state index contributed by atoms with van der Waals surface area (Å²) in [4.78, 5) is 16.6. The van der Waals surface area contributed by atoms with Crippen LogP contribution in [0.25, 0.3) is 0 Å². The molecule has 1 amide bonds. The van der Waals surface area contributed by atoms with Crippen molar-refractivity contribution in [2.45, 2.75) is 31.7 Å². The number of rotatable bonds is 2. The molecule has 0 aromatic heterocycles. The molecule has 4 heterocycles. The largest absolute Gasteiger partial charge is 0.342 e. The van der Waals surface area contributed by atoms with Crippen LogP contribution in [0.5, 0.6) is 0 Å². The van der Waals surface area contributed by atoms with Crippen molar-refractivity contribution >= 4 is 30.7 Å². The lowest BCUT2D eigenvalue weighted by atomic mass is 9.95. The first-order valence-electron chi connectivity index (χ1n) is 7.05. The number of nitrogens with one attached hydrogen (secondary N) is 1. The lowest BCUT2D eigenvalue weighted by molar-refractivity contribution is -0.132. The molecule has 4 rings (SSSR count). The Kier molecular flexibility index (Phi) is 6.87. The summed E-state index contributed by atoms with van der Waals surface area (Å²) in [5.41, 5.74) is 0. The standard InChI is InChI=1S/C13H23N3O.2ClH/c17-13(15-5-1-2-6-15)10-16-9-11-3-4-12(16)8-14-7-11;;/h11-12,14H,1-10H2;2*1H/t11-,12+;;/m1../s1. The number of carbonyl (C=O) groups excluding carboxylic acids is 1. The molecule has 2 bridgehead atoms. The van der Waals surface area contributed by atoms with E-state index >= 15 is 0 Å². The Morgan fingerprint density at radius 2 is 1.84 bits per heavy atom. The van der Waals surface area contributed by atoms with E-state index in [-0.39, 0.29) is 24.8 Å². The maximum Gasteiger partial charge on any atom is 0.236 e. The Morgan fingerprint density at radius 3 is 2.58 bits per heavy atom. The van der Waals surface area contributed by atoms with E-state index in [1.54, 1.807) is 0 Å². The van der Waals surface area contributed by atoms with Gasteiger partial charge < -0.3 is 10.2 Å². The summed E-state index contributed by atoms with van der Waals surface area (Å²) in [5.74, 6) is 1.12. The topological polar surface area (TPSA) is 35.6 Å². The second-order valence-corrected chi connectivity index (χ2v) is 5.77. The molecular weight excluding hydrogens is 285 g/mol. The molecule has 0 radical (unpaired) electrons. The predicted molar refractivity (Wildman–Crippen MR) is 81.3 cm³/mol. The van der Waals surface area contributed by atoms with Crippen LogP contribution in [-0.4, -0.2) is 61.0 Å². The van der Waals surface area contributed by atoms with Gasteiger partial charge in [0, 0.05) is 32.2 Å². The lowest BCUT2D eigenvalue weighted by Gasteiger charge is -2.36. The van der Waals surface area contributed by atoms with Crippen molar-refractivity contribution in [3.63, 3.8) is 0 Å². The molecule has 19 heavy (non-hydrogen) atoms. The Morgan fingerprint density at radius 1 is 1.11 bits per heavy atom. The number of hydrogen-bond acceptors (Lipinski definition) is 3. The maximum absolute atomic E-state index is 12.2. The molecule has 0 aromatic carbocycles. The highest BCUT2D eigenvalue weighted by Gasteiger charge is 2.33. The van der Waals surface area contributed by atoms with Gasteiger partial charge in [-0.25, -0.2) is 0 Å². The van der Waals surface area contributed by atoms with E-state index in [1.165, 1.54) is 25.7 Å². The summed E-state index contributed by atoms with van der Waals surface area (Å²) in [6.45, 7) is 5.97. The molecule has 6 heteroatoms. The minimum Gasteiger partial charge on any atom is -0.342 e. The molecule has 4 saturated heterocycles. The average molecular weight is 310 g/mol. The van der Waals surface area contributed by atoms with Crippen LogP contribution >= 0.6 is 24.8 Å². The summed E-state index contributed by atoms with van der Waals surface area (Å²) >= 11 is 0. The predicted octanol–water partition coefficient (Wildman–Crippen LogP) is 1.14. The van der Waals surface area contributed by atoms with E-state index in [2.05, 4.69) is 10.2 Å². The molecule has 1 N–H and O–H groups in total. The highest BCUT2D eigenvalue weighted by molar-refractivity contribution is 5.85. The van der Waals surface area contributed by atoms with Crippen LogP contribution in [0, 0.1) is 5.92 Å². The lowest BCUT2D eigenvalue weighted by Crippen LogP contribution is -2.48. The van der Waals surface area contributed by atoms with E-state index in [0.717, 1.165) is 38.6 Å². The number of piperidine rings is 1. The van der Waals surface area contributed by atoms with E-state index in [1.807, 2.05) is 4.90 Å². The van der Waals surface area contributed by atoms with Gasteiger partial charge >= 0.3 is 0 Å². The zero-order valence-corrected chi connectivity index (χ0v) is 13.0. The van der Waals surface area contributed by atoms with Crippen molar-refractivity contribution in [3.05, 3.63) is 0 Å². The summed E-state index contributed by atoms with van der Waals surface area (Å²) in [6.07, 6.45) is 5.00. The van der Waals surface area contributed by atoms with E-state index in [9.17, 15) is 4.79 Å². The fourth-order valence-corrected chi connectivity index (χ4v) is 3.47. The third-order valence-corrected chi connectivity index (χ3v) is 4.53. The average Bonchev–Trinajstić information content (AvgIpc) is 2.70. The van der Waals surface area contributed by atoms with Crippen molar-refractivity contribution in [1.82, 2.24) is 15.1 Å². The summed E-state index contributed by atoms with van der Waals surface area (Å²) in [5, 5.41) is 3.52. The molecule has 4 aliphatic heterocycles. The monoisotopic (exact) mass is 309 g/mol. The molecule has 4 fully saturated rings. The van der Waals surface area contributed by atoms with Crippen molar-refractivity contribution in [3.8, 4) is 0 Å². The van der Waals surface area contributed by atoms with Crippen LogP contribution in [0.1, 0.15) is 25.7 Å². The third-order valence-electron chi connectivity index (χ3n) is 4.53. The van der Waals surface area contributed by atoms with Crippen LogP contribution in [0.2, 0.25) is 0 Å². The van der Waals surface area contributed by atoms with Gasteiger partial charge in [-0.2, -0.15) is 0 Å². The van der Waals surface area contributed by atoms with Gasteiger partial charge in [-0.3, -0.25) is 9.69 Å². The Labute approximate surface area is 128 Å². The number of nitrogens with zero attached hydrogens (tertiary/aromatic N) is 2. The minimum atomic E-state index is 0. The van der Waals surface area contributed by atoms with E-state index in [4.69, 9.17) is 0 Å². The van der Waals surface area contributed by atoms with Crippen LogP contribution < -0.4 is 5.32 Å². The van der Waals surface area contributed by atoms with Crippen LogP contribution in [0.4, 0.5) is 0 Å². The summed E-state index contributed by atoms with van der Waals surface area (Å²) in [6, 6.07) is 0.598. The molecule has 0 saturated carbocycles. The van der Waals surface area contributed by atoms with Crippen molar-refractivity contribution in [1.29, 1.82) is 0 Å². The van der Waals surface area contributed by atoms with Crippen molar-refractivity contribution in [2.24, 2.45) is 5.92 Å². The Hall–Kier alpha value is -0.0300. The summed E-state index contributed by atoms with van der Waals surface area (Å²) < 4.78 is 0. The first-order chi connectivity index (χ1) is 8.33. The van der Waals surface area contributed by atoms with Gasteiger partial charge in [-0.1, -0.05) is 0 Å². The van der Waals surface area contributed by atoms with Gasteiger partial charge in [-0.05, 0) is 38.1 Å². The highest BCUT2D eigenvalue weighted by Crippen LogP contribution is 2.24. The van der Waals surface area contributed by atoms with Crippen molar-refractivity contribution < 1.29 is 4.79 Å². The quantitative estimate of drug-likeness (QED) is 0.831. The first kappa shape index (κ1) is 17.0. The van der Waals surface area contributed by atoms with Gasteiger partial charge in [-0.15, -0.1) is 24.8 Å². The van der Waals surface area contributed by atoms with Crippen molar-refractivity contribution in [2.75, 3.05) is 39.3 Å². The van der Waals surface area contributed by atoms with Crippen LogP contribution in [-0.2, 0) is 4.79 Å². The van der Waals surface area contributed by atoms with E-state index in [0.29, 0.717) is 18.5 Å². The number of halogens is 2. The van der Waals surface area contributed by atoms with Gasteiger partial charge in [0.15, 0.2) is 0 Å². The molecule has 0 aromatic rings. The molecule has 112 valence electrons. The number of amides is 1. The van der Waals surface area contributed by atoms with Crippen LogP contribution in [0.3, 0.4) is 0 Å². The number of carbonyl (C=O) groups is 1. The zero-order chi connectivity index (χ0) is 11.7. The molecule has 0 aliphatic carbocycles. The van der Waals surface area contributed by atoms with E-state index < -0.39 is 0 Å². The Bertz CT molecular complexity index is 294. The molecule has 0 spiro atoms. The normalized spacial score (nSPS) is 30.4. The van der Waals surface area contributed by atoms with Crippen LogP contribution in [0.15, 0.2) is 0 Å². The number of fused-ring (bicyclic) bond motifs is 4. The third kappa shape index (κ3) is 3.97.